The van der Waals surface area contributed by atoms with Gasteiger partial charge >= 0.3 is 0 Å². The van der Waals surface area contributed by atoms with Crippen molar-refractivity contribution in [2.24, 2.45) is 0 Å². The average molecular weight is 452 g/mol. The Balaban J connectivity index is 1.99. The predicted molar refractivity (Wildman–Crippen MR) is 118 cm³/mol. The molecule has 1 fully saturated rings. The Morgan fingerprint density at radius 3 is 2.50 bits per heavy atom. The molecule has 162 valence electrons. The van der Waals surface area contributed by atoms with Gasteiger partial charge in [0.05, 0.1) is 17.7 Å². The minimum absolute atomic E-state index is 0.0335. The van der Waals surface area contributed by atoms with E-state index in [0.29, 0.717) is 25.3 Å². The highest BCUT2D eigenvalue weighted by Gasteiger charge is 2.31. The maximum Gasteiger partial charge on any atom is 0.270 e. The molecular formula is C20H25N3O5S2. The lowest BCUT2D eigenvalue weighted by Gasteiger charge is -2.25. The van der Waals surface area contributed by atoms with E-state index in [1.807, 2.05) is 24.5 Å². The number of thioether (sulfide) groups is 1. The van der Waals surface area contributed by atoms with Crippen molar-refractivity contribution in [1.82, 2.24) is 4.31 Å². The van der Waals surface area contributed by atoms with Crippen molar-refractivity contribution in [2.45, 2.75) is 29.2 Å². The second-order valence-electron chi connectivity index (χ2n) is 7.07. The highest BCUT2D eigenvalue weighted by molar-refractivity contribution is 7.98. The van der Waals surface area contributed by atoms with Crippen LogP contribution in [-0.2, 0) is 16.6 Å². The molecule has 0 aromatic heterocycles. The van der Waals surface area contributed by atoms with Crippen LogP contribution in [0.4, 0.5) is 11.4 Å². The Labute approximate surface area is 181 Å². The molecule has 0 radical (unpaired) electrons. The van der Waals surface area contributed by atoms with Crippen LogP contribution in [0.25, 0.3) is 0 Å². The minimum Gasteiger partial charge on any atom is -0.496 e. The molecule has 1 aliphatic rings. The van der Waals surface area contributed by atoms with Crippen molar-refractivity contribution in [2.75, 3.05) is 38.4 Å². The molecule has 1 saturated heterocycles. The number of rotatable bonds is 8. The molecule has 0 saturated carbocycles. The molecule has 3 rings (SSSR count). The Morgan fingerprint density at radius 1 is 1.20 bits per heavy atom. The highest BCUT2D eigenvalue weighted by atomic mass is 32.2. The zero-order valence-corrected chi connectivity index (χ0v) is 18.8. The summed E-state index contributed by atoms with van der Waals surface area (Å²) in [6.45, 7) is 1.29. The van der Waals surface area contributed by atoms with E-state index < -0.39 is 14.9 Å². The summed E-state index contributed by atoms with van der Waals surface area (Å²) in [4.78, 5) is 13.5. The SMILES string of the molecule is COc1cc(CN(C)c2ccc([N+](=O)[O-])cc2S(=O)(=O)N2CCCC2)ccc1SC. The van der Waals surface area contributed by atoms with Gasteiger partial charge in [0.2, 0.25) is 10.0 Å². The third kappa shape index (κ3) is 4.55. The molecule has 0 bridgehead atoms. The summed E-state index contributed by atoms with van der Waals surface area (Å²) in [7, 11) is -0.439. The maximum atomic E-state index is 13.2. The molecule has 1 heterocycles. The molecule has 0 amide bonds. The molecule has 30 heavy (non-hydrogen) atoms. The molecule has 10 heteroatoms. The Hall–Kier alpha value is -2.30. The molecule has 2 aromatic carbocycles. The van der Waals surface area contributed by atoms with Gasteiger partial charge in [-0.1, -0.05) is 6.07 Å². The van der Waals surface area contributed by atoms with Gasteiger partial charge in [-0.3, -0.25) is 10.1 Å². The molecule has 8 nitrogen and oxygen atoms in total. The lowest BCUT2D eigenvalue weighted by atomic mass is 10.2. The number of hydrogen-bond donors (Lipinski definition) is 0. The molecule has 0 spiro atoms. The van der Waals surface area contributed by atoms with Crippen LogP contribution in [0.1, 0.15) is 18.4 Å². The van der Waals surface area contributed by atoms with Crippen molar-refractivity contribution in [3.8, 4) is 5.75 Å². The van der Waals surface area contributed by atoms with E-state index in [4.69, 9.17) is 4.74 Å². The van der Waals surface area contributed by atoms with Gasteiger partial charge in [0.15, 0.2) is 0 Å². The van der Waals surface area contributed by atoms with Gasteiger partial charge in [0.25, 0.3) is 5.69 Å². The fourth-order valence-corrected chi connectivity index (χ4v) is 5.87. The summed E-state index contributed by atoms with van der Waals surface area (Å²) in [6, 6.07) is 9.86. The molecule has 2 aromatic rings. The second kappa shape index (κ2) is 9.23. The van der Waals surface area contributed by atoms with E-state index in [1.165, 1.54) is 16.4 Å². The predicted octanol–water partition coefficient (Wildman–Crippen LogP) is 3.75. The average Bonchev–Trinajstić information content (AvgIpc) is 3.29. The number of benzene rings is 2. The maximum absolute atomic E-state index is 13.2. The number of methoxy groups -OCH3 is 1. The number of nitro benzene ring substituents is 1. The standard InChI is InChI=1S/C20H25N3O5S2/c1-21(14-15-6-9-19(29-3)18(12-15)28-2)17-8-7-16(23(24)25)13-20(17)30(26,27)22-10-4-5-11-22/h6-9,12-13H,4-5,10-11,14H2,1-3H3. The van der Waals surface area contributed by atoms with Gasteiger partial charge < -0.3 is 9.64 Å². The zero-order chi connectivity index (χ0) is 21.9. The Bertz CT molecular complexity index is 1040. The Kier molecular flexibility index (Phi) is 6.89. The lowest BCUT2D eigenvalue weighted by Crippen LogP contribution is -2.30. The van der Waals surface area contributed by atoms with Gasteiger partial charge in [-0.2, -0.15) is 4.31 Å². The quantitative estimate of drug-likeness (QED) is 0.343. The number of nitrogens with zero attached hydrogens (tertiary/aromatic N) is 3. The van der Waals surface area contributed by atoms with E-state index in [9.17, 15) is 18.5 Å². The molecule has 0 unspecified atom stereocenters. The normalized spacial score (nSPS) is 14.6. The molecule has 0 aliphatic carbocycles. The Morgan fingerprint density at radius 2 is 1.90 bits per heavy atom. The molecule has 0 atom stereocenters. The van der Waals surface area contributed by atoms with Crippen molar-refractivity contribution < 1.29 is 18.1 Å². The van der Waals surface area contributed by atoms with Crippen LogP contribution in [0.5, 0.6) is 5.75 Å². The van der Waals surface area contributed by atoms with Crippen LogP contribution in [-0.4, -0.2) is 51.1 Å². The fraction of sp³-hybridized carbons (Fsp3) is 0.400. The van der Waals surface area contributed by atoms with E-state index in [1.54, 1.807) is 30.8 Å². The first-order chi connectivity index (χ1) is 14.3. The summed E-state index contributed by atoms with van der Waals surface area (Å²) in [5.41, 5.74) is 1.13. The van der Waals surface area contributed by atoms with Crippen LogP contribution in [0, 0.1) is 10.1 Å². The number of sulfonamides is 1. The van der Waals surface area contributed by atoms with Crippen LogP contribution in [0.3, 0.4) is 0 Å². The number of anilines is 1. The van der Waals surface area contributed by atoms with Crippen LogP contribution < -0.4 is 9.64 Å². The summed E-state index contributed by atoms with van der Waals surface area (Å²) in [6.07, 6.45) is 3.55. The van der Waals surface area contributed by atoms with Crippen molar-refractivity contribution in [1.29, 1.82) is 0 Å². The smallest absolute Gasteiger partial charge is 0.270 e. The summed E-state index contributed by atoms with van der Waals surface area (Å²) < 4.78 is 33.3. The second-order valence-corrected chi connectivity index (χ2v) is 9.82. The highest BCUT2D eigenvalue weighted by Crippen LogP contribution is 2.34. The van der Waals surface area contributed by atoms with Crippen molar-refractivity contribution >= 4 is 33.2 Å². The van der Waals surface area contributed by atoms with Gasteiger partial charge in [-0.05, 0) is 42.9 Å². The molecule has 1 aliphatic heterocycles. The van der Waals surface area contributed by atoms with Gasteiger partial charge in [0.1, 0.15) is 10.6 Å². The number of hydrogen-bond acceptors (Lipinski definition) is 7. The monoisotopic (exact) mass is 451 g/mol. The lowest BCUT2D eigenvalue weighted by molar-refractivity contribution is -0.385. The summed E-state index contributed by atoms with van der Waals surface area (Å²) in [5, 5.41) is 11.3. The fourth-order valence-electron chi connectivity index (χ4n) is 3.54. The van der Waals surface area contributed by atoms with E-state index >= 15 is 0 Å². The minimum atomic E-state index is -3.83. The number of nitro groups is 1. The largest absolute Gasteiger partial charge is 0.496 e. The third-order valence-corrected chi connectivity index (χ3v) is 7.82. The van der Waals surface area contributed by atoms with E-state index in [0.717, 1.165) is 35.1 Å². The van der Waals surface area contributed by atoms with Gasteiger partial charge in [0, 0.05) is 43.7 Å². The first-order valence-electron chi connectivity index (χ1n) is 9.48. The zero-order valence-electron chi connectivity index (χ0n) is 17.2. The van der Waals surface area contributed by atoms with E-state index in [-0.39, 0.29) is 10.6 Å². The number of ether oxygens (including phenoxy) is 1. The van der Waals surface area contributed by atoms with Gasteiger partial charge in [-0.15, -0.1) is 11.8 Å². The first kappa shape index (κ1) is 22.4. The van der Waals surface area contributed by atoms with E-state index in [2.05, 4.69) is 0 Å². The first-order valence-corrected chi connectivity index (χ1v) is 12.1. The molecular weight excluding hydrogens is 426 g/mol. The topological polar surface area (TPSA) is 93.0 Å². The van der Waals surface area contributed by atoms with Gasteiger partial charge in [-0.25, -0.2) is 8.42 Å². The van der Waals surface area contributed by atoms with Crippen LogP contribution in [0.15, 0.2) is 46.2 Å². The van der Waals surface area contributed by atoms with Crippen LogP contribution >= 0.6 is 11.8 Å². The summed E-state index contributed by atoms with van der Waals surface area (Å²) >= 11 is 1.58. The number of non-ortho nitro benzene ring substituents is 1. The third-order valence-electron chi connectivity index (χ3n) is 5.12. The van der Waals surface area contributed by atoms with Crippen molar-refractivity contribution in [3.05, 3.63) is 52.1 Å². The van der Waals surface area contributed by atoms with Crippen LogP contribution in [0.2, 0.25) is 0 Å². The molecule has 0 N–H and O–H groups in total. The summed E-state index contributed by atoms with van der Waals surface area (Å²) in [5.74, 6) is 0.752. The van der Waals surface area contributed by atoms with Crippen molar-refractivity contribution in [3.63, 3.8) is 0 Å².